The summed E-state index contributed by atoms with van der Waals surface area (Å²) >= 11 is 5.74. The molecule has 0 amide bonds. The van der Waals surface area contributed by atoms with Crippen molar-refractivity contribution in [3.05, 3.63) is 17.0 Å². The van der Waals surface area contributed by atoms with Gasteiger partial charge in [-0.05, 0) is 37.8 Å². The molecular weight excluding hydrogens is 228 g/mol. The first-order chi connectivity index (χ1) is 7.74. The summed E-state index contributed by atoms with van der Waals surface area (Å²) < 4.78 is 11.1. The Bertz CT molecular complexity index is 334. The SMILES string of the molecule is Cc1cc(OCC2CCCCO2)nc(Cl)n1. The average Bonchev–Trinajstić information content (AvgIpc) is 2.27. The lowest BCUT2D eigenvalue weighted by atomic mass is 10.1. The molecule has 2 rings (SSSR count). The molecule has 0 saturated carbocycles. The second-order valence-corrected chi connectivity index (χ2v) is 4.25. The standard InChI is InChI=1S/C11H15ClN2O2/c1-8-6-10(14-11(12)13-8)16-7-9-4-2-3-5-15-9/h6,9H,2-5,7H2,1H3. The molecule has 1 unspecified atom stereocenters. The number of ether oxygens (including phenoxy) is 2. The first-order valence-corrected chi connectivity index (χ1v) is 5.87. The van der Waals surface area contributed by atoms with Crippen LogP contribution in [0.3, 0.4) is 0 Å². The van der Waals surface area contributed by atoms with Gasteiger partial charge in [-0.2, -0.15) is 4.98 Å². The van der Waals surface area contributed by atoms with Crippen LogP contribution in [-0.2, 0) is 4.74 Å². The summed E-state index contributed by atoms with van der Waals surface area (Å²) in [5.74, 6) is 0.520. The van der Waals surface area contributed by atoms with Gasteiger partial charge in [0.2, 0.25) is 11.2 Å². The van der Waals surface area contributed by atoms with E-state index in [9.17, 15) is 0 Å². The van der Waals surface area contributed by atoms with Crippen LogP contribution >= 0.6 is 11.6 Å². The van der Waals surface area contributed by atoms with E-state index in [0.29, 0.717) is 12.5 Å². The predicted octanol–water partition coefficient (Wildman–Crippen LogP) is 2.39. The number of nitrogens with zero attached hydrogens (tertiary/aromatic N) is 2. The average molecular weight is 243 g/mol. The van der Waals surface area contributed by atoms with E-state index in [-0.39, 0.29) is 11.4 Å². The fourth-order valence-electron chi connectivity index (χ4n) is 1.70. The van der Waals surface area contributed by atoms with Gasteiger partial charge < -0.3 is 9.47 Å². The third-order valence-corrected chi connectivity index (χ3v) is 2.66. The normalized spacial score (nSPS) is 20.8. The fraction of sp³-hybridized carbons (Fsp3) is 0.636. The summed E-state index contributed by atoms with van der Waals surface area (Å²) in [6, 6.07) is 1.77. The lowest BCUT2D eigenvalue weighted by Gasteiger charge is -2.22. The van der Waals surface area contributed by atoms with Gasteiger partial charge in [0.25, 0.3) is 0 Å². The third kappa shape index (κ3) is 3.32. The Balaban J connectivity index is 1.88. The summed E-state index contributed by atoms with van der Waals surface area (Å²) in [6.07, 6.45) is 3.59. The molecule has 0 aromatic carbocycles. The Morgan fingerprint density at radius 1 is 1.50 bits per heavy atom. The predicted molar refractivity (Wildman–Crippen MR) is 60.9 cm³/mol. The second kappa shape index (κ2) is 5.46. The summed E-state index contributed by atoms with van der Waals surface area (Å²) in [7, 11) is 0. The van der Waals surface area contributed by atoms with Crippen LogP contribution < -0.4 is 4.74 Å². The molecule has 0 radical (unpaired) electrons. The summed E-state index contributed by atoms with van der Waals surface area (Å²) in [5.41, 5.74) is 0.805. The molecule has 1 aliphatic rings. The van der Waals surface area contributed by atoms with Crippen molar-refractivity contribution in [3.8, 4) is 5.88 Å². The molecule has 0 N–H and O–H groups in total. The largest absolute Gasteiger partial charge is 0.475 e. The van der Waals surface area contributed by atoms with E-state index < -0.39 is 0 Å². The topological polar surface area (TPSA) is 44.2 Å². The van der Waals surface area contributed by atoms with Gasteiger partial charge >= 0.3 is 0 Å². The highest BCUT2D eigenvalue weighted by atomic mass is 35.5. The molecule has 4 nitrogen and oxygen atoms in total. The van der Waals surface area contributed by atoms with Gasteiger partial charge in [-0.15, -0.1) is 0 Å². The maximum atomic E-state index is 5.74. The summed E-state index contributed by atoms with van der Waals surface area (Å²) in [4.78, 5) is 7.97. The Morgan fingerprint density at radius 2 is 2.38 bits per heavy atom. The first-order valence-electron chi connectivity index (χ1n) is 5.49. The second-order valence-electron chi connectivity index (χ2n) is 3.92. The van der Waals surface area contributed by atoms with Crippen LogP contribution in [0.1, 0.15) is 25.0 Å². The summed E-state index contributed by atoms with van der Waals surface area (Å²) in [6.45, 7) is 3.22. The molecule has 1 aliphatic heterocycles. The monoisotopic (exact) mass is 242 g/mol. The maximum Gasteiger partial charge on any atom is 0.225 e. The van der Waals surface area contributed by atoms with Crippen molar-refractivity contribution < 1.29 is 9.47 Å². The van der Waals surface area contributed by atoms with E-state index in [1.54, 1.807) is 6.07 Å². The van der Waals surface area contributed by atoms with E-state index in [2.05, 4.69) is 9.97 Å². The molecule has 2 heterocycles. The lowest BCUT2D eigenvalue weighted by molar-refractivity contribution is -0.0119. The molecule has 1 atom stereocenters. The number of hydrogen-bond donors (Lipinski definition) is 0. The van der Waals surface area contributed by atoms with E-state index >= 15 is 0 Å². The van der Waals surface area contributed by atoms with Crippen LogP contribution in [0.4, 0.5) is 0 Å². The number of rotatable bonds is 3. The quantitative estimate of drug-likeness (QED) is 0.764. The Kier molecular flexibility index (Phi) is 3.96. The van der Waals surface area contributed by atoms with Crippen molar-refractivity contribution in [3.63, 3.8) is 0 Å². The lowest BCUT2D eigenvalue weighted by Crippen LogP contribution is -2.26. The minimum Gasteiger partial charge on any atom is -0.475 e. The van der Waals surface area contributed by atoms with Crippen LogP contribution in [0, 0.1) is 6.92 Å². The smallest absolute Gasteiger partial charge is 0.225 e. The molecule has 16 heavy (non-hydrogen) atoms. The highest BCUT2D eigenvalue weighted by Crippen LogP contribution is 2.16. The minimum absolute atomic E-state index is 0.183. The van der Waals surface area contributed by atoms with Crippen molar-refractivity contribution in [2.24, 2.45) is 0 Å². The van der Waals surface area contributed by atoms with Crippen molar-refractivity contribution >= 4 is 11.6 Å². The molecular formula is C11H15ClN2O2. The van der Waals surface area contributed by atoms with Crippen molar-refractivity contribution in [2.75, 3.05) is 13.2 Å². The van der Waals surface area contributed by atoms with Gasteiger partial charge in [0.05, 0.1) is 6.10 Å². The Labute approximate surface area is 99.9 Å². The third-order valence-electron chi connectivity index (χ3n) is 2.49. The van der Waals surface area contributed by atoms with Gasteiger partial charge in [-0.1, -0.05) is 0 Å². The van der Waals surface area contributed by atoms with Crippen LogP contribution in [0.5, 0.6) is 5.88 Å². The number of hydrogen-bond acceptors (Lipinski definition) is 4. The Morgan fingerprint density at radius 3 is 3.06 bits per heavy atom. The van der Waals surface area contributed by atoms with E-state index in [1.807, 2.05) is 6.92 Å². The van der Waals surface area contributed by atoms with Gasteiger partial charge in [0.15, 0.2) is 0 Å². The van der Waals surface area contributed by atoms with E-state index in [1.165, 1.54) is 6.42 Å². The van der Waals surface area contributed by atoms with Gasteiger partial charge in [0.1, 0.15) is 6.61 Å². The fourth-order valence-corrected chi connectivity index (χ4v) is 1.91. The summed E-state index contributed by atoms with van der Waals surface area (Å²) in [5, 5.41) is 0.222. The molecule has 1 fully saturated rings. The van der Waals surface area contributed by atoms with E-state index in [0.717, 1.165) is 25.1 Å². The van der Waals surface area contributed by atoms with Gasteiger partial charge in [0, 0.05) is 18.4 Å². The molecule has 5 heteroatoms. The maximum absolute atomic E-state index is 5.74. The van der Waals surface area contributed by atoms with Crippen molar-refractivity contribution in [1.29, 1.82) is 0 Å². The van der Waals surface area contributed by atoms with Crippen LogP contribution in [0.25, 0.3) is 0 Å². The molecule has 0 aliphatic carbocycles. The molecule has 0 bridgehead atoms. The van der Waals surface area contributed by atoms with Crippen LogP contribution in [0.2, 0.25) is 5.28 Å². The minimum atomic E-state index is 0.183. The molecule has 1 saturated heterocycles. The van der Waals surface area contributed by atoms with Crippen LogP contribution in [-0.4, -0.2) is 29.3 Å². The van der Waals surface area contributed by atoms with E-state index in [4.69, 9.17) is 21.1 Å². The Hall–Kier alpha value is -0.870. The zero-order chi connectivity index (χ0) is 11.4. The number of aromatic nitrogens is 2. The molecule has 1 aromatic rings. The first kappa shape index (κ1) is 11.6. The van der Waals surface area contributed by atoms with Crippen LogP contribution in [0.15, 0.2) is 6.07 Å². The highest BCUT2D eigenvalue weighted by molar-refractivity contribution is 6.28. The van der Waals surface area contributed by atoms with Gasteiger partial charge in [-0.25, -0.2) is 4.98 Å². The zero-order valence-corrected chi connectivity index (χ0v) is 10.0. The highest BCUT2D eigenvalue weighted by Gasteiger charge is 2.14. The zero-order valence-electron chi connectivity index (χ0n) is 9.28. The van der Waals surface area contributed by atoms with Gasteiger partial charge in [-0.3, -0.25) is 0 Å². The van der Waals surface area contributed by atoms with Crippen molar-refractivity contribution in [1.82, 2.24) is 9.97 Å². The number of aryl methyl sites for hydroxylation is 1. The molecule has 88 valence electrons. The molecule has 0 spiro atoms. The number of halogens is 1. The van der Waals surface area contributed by atoms with Crippen molar-refractivity contribution in [2.45, 2.75) is 32.3 Å². The molecule has 1 aromatic heterocycles.